The average Bonchev–Trinajstić information content (AvgIpc) is 2.85. The van der Waals surface area contributed by atoms with Crippen LogP contribution in [0.5, 0.6) is 0 Å². The van der Waals surface area contributed by atoms with Gasteiger partial charge in [0.1, 0.15) is 5.84 Å². The van der Waals surface area contributed by atoms with Gasteiger partial charge in [0.05, 0.1) is 6.20 Å². The van der Waals surface area contributed by atoms with Crippen molar-refractivity contribution in [3.05, 3.63) is 47.6 Å². The fourth-order valence-electron chi connectivity index (χ4n) is 4.63. The zero-order chi connectivity index (χ0) is 27.8. The van der Waals surface area contributed by atoms with Gasteiger partial charge < -0.3 is 21.3 Å². The van der Waals surface area contributed by atoms with Crippen LogP contribution in [0, 0.1) is 23.1 Å². The number of nitrogens with zero attached hydrogens (tertiary/aromatic N) is 5. The first-order valence-corrected chi connectivity index (χ1v) is 13.0. The van der Waals surface area contributed by atoms with Crippen LogP contribution in [-0.4, -0.2) is 62.3 Å². The molecule has 0 spiro atoms. The predicted molar refractivity (Wildman–Crippen MR) is 155 cm³/mol. The lowest BCUT2D eigenvalue weighted by Gasteiger charge is -2.41. The third-order valence-corrected chi connectivity index (χ3v) is 6.81. The zero-order valence-electron chi connectivity index (χ0n) is 23.8. The van der Waals surface area contributed by atoms with Crippen LogP contribution < -0.4 is 21.3 Å². The molecule has 2 heterocycles. The van der Waals surface area contributed by atoms with Gasteiger partial charge in [-0.3, -0.25) is 9.98 Å². The molecule has 1 atom stereocenters. The van der Waals surface area contributed by atoms with Crippen LogP contribution in [0.2, 0.25) is 0 Å². The van der Waals surface area contributed by atoms with Crippen molar-refractivity contribution in [2.45, 2.75) is 47.5 Å². The van der Waals surface area contributed by atoms with E-state index in [2.05, 4.69) is 71.8 Å². The molecule has 2 rings (SSSR count). The lowest BCUT2D eigenvalue weighted by molar-refractivity contribution is 0.413. The molecule has 9 heteroatoms. The Morgan fingerprint density at radius 2 is 2.00 bits per heavy atom. The maximum Gasteiger partial charge on any atom is 0.230 e. The minimum atomic E-state index is -0.491. The van der Waals surface area contributed by atoms with E-state index in [4.69, 9.17) is 5.73 Å². The van der Waals surface area contributed by atoms with Gasteiger partial charge in [0.25, 0.3) is 0 Å². The van der Waals surface area contributed by atoms with Crippen molar-refractivity contribution in [1.29, 1.82) is 0 Å². The molecule has 0 amide bonds. The first-order chi connectivity index (χ1) is 17.5. The number of anilines is 2. The number of halogens is 1. The van der Waals surface area contributed by atoms with E-state index < -0.39 is 5.82 Å². The number of amidine groups is 1. The largest absolute Gasteiger partial charge is 0.401 e. The summed E-state index contributed by atoms with van der Waals surface area (Å²) in [6, 6.07) is 0. The van der Waals surface area contributed by atoms with E-state index in [9.17, 15) is 0 Å². The van der Waals surface area contributed by atoms with Crippen LogP contribution in [-0.2, 0) is 0 Å². The van der Waals surface area contributed by atoms with Crippen molar-refractivity contribution in [2.24, 2.45) is 33.0 Å². The highest BCUT2D eigenvalue weighted by Crippen LogP contribution is 2.35. The van der Waals surface area contributed by atoms with Crippen molar-refractivity contribution in [3.63, 3.8) is 0 Å². The maximum atomic E-state index is 15.0. The minimum Gasteiger partial charge on any atom is -0.401 e. The second-order valence-electron chi connectivity index (χ2n) is 10.4. The first kappa shape index (κ1) is 30.2. The molecule has 4 N–H and O–H groups in total. The van der Waals surface area contributed by atoms with E-state index in [0.717, 1.165) is 41.9 Å². The zero-order valence-corrected chi connectivity index (χ0v) is 23.8. The summed E-state index contributed by atoms with van der Waals surface area (Å²) < 4.78 is 15.0. The highest BCUT2D eigenvalue weighted by Gasteiger charge is 2.36. The van der Waals surface area contributed by atoms with Crippen LogP contribution >= 0.6 is 0 Å². The van der Waals surface area contributed by atoms with Crippen molar-refractivity contribution in [3.8, 4) is 0 Å². The first-order valence-electron chi connectivity index (χ1n) is 13.0. The maximum absolute atomic E-state index is 15.0. The number of allylic oxidation sites excluding steroid dienone is 2. The van der Waals surface area contributed by atoms with E-state index in [1.54, 1.807) is 14.1 Å². The second kappa shape index (κ2) is 13.5. The molecule has 0 aliphatic carbocycles. The van der Waals surface area contributed by atoms with Gasteiger partial charge in [0.2, 0.25) is 5.95 Å². The Morgan fingerprint density at radius 3 is 2.57 bits per heavy atom. The standard InChI is InChI=1S/C28H45FN8/c1-10-20(13-14-31-7)19(4)11-12-23(32-8)35-27-34-15-22(29)26(36-27)37-16-21(24(33-9)18(2)3)25(30)28(5,6)17-37/h11-12,15,18,20,31H,4,10,13-14,16-17,30H2,1-3,5-9H3,(H,32,34,35,36)/b12-11-,33-24?. The summed E-state index contributed by atoms with van der Waals surface area (Å²) in [5, 5.41) is 6.31. The van der Waals surface area contributed by atoms with Crippen molar-refractivity contribution in [2.75, 3.05) is 51.0 Å². The third kappa shape index (κ3) is 7.71. The normalized spacial score (nSPS) is 17.6. The van der Waals surface area contributed by atoms with Gasteiger partial charge >= 0.3 is 0 Å². The van der Waals surface area contributed by atoms with Gasteiger partial charge in [0.15, 0.2) is 11.6 Å². The Hall–Kier alpha value is -3.07. The summed E-state index contributed by atoms with van der Waals surface area (Å²) in [6.07, 6.45) is 7.04. The quantitative estimate of drug-likeness (QED) is 0.228. The van der Waals surface area contributed by atoms with E-state index in [-0.39, 0.29) is 23.1 Å². The molecule has 0 radical (unpaired) electrons. The van der Waals surface area contributed by atoms with Crippen LogP contribution in [0.3, 0.4) is 0 Å². The van der Waals surface area contributed by atoms with E-state index in [1.807, 2.05) is 24.1 Å². The molecule has 0 bridgehead atoms. The fraction of sp³-hybridized carbons (Fsp3) is 0.571. The third-order valence-electron chi connectivity index (χ3n) is 6.81. The van der Waals surface area contributed by atoms with Gasteiger partial charge in [0, 0.05) is 49.6 Å². The van der Waals surface area contributed by atoms with Crippen LogP contribution in [0.15, 0.2) is 51.8 Å². The molecule has 1 aliphatic heterocycles. The number of nitrogens with two attached hydrogens (primary N) is 1. The summed E-state index contributed by atoms with van der Waals surface area (Å²) in [6.45, 7) is 16.5. The van der Waals surface area contributed by atoms with Crippen LogP contribution in [0.1, 0.15) is 47.5 Å². The molecule has 1 aliphatic rings. The molecular weight excluding hydrogens is 467 g/mol. The number of aliphatic imine (C=N–C) groups is 2. The van der Waals surface area contributed by atoms with E-state index >= 15 is 4.39 Å². The molecule has 0 fully saturated rings. The molecule has 1 aromatic heterocycles. The molecule has 1 aromatic rings. The lowest BCUT2D eigenvalue weighted by atomic mass is 9.80. The summed E-state index contributed by atoms with van der Waals surface area (Å²) >= 11 is 0. The number of aromatic nitrogens is 2. The van der Waals surface area contributed by atoms with Gasteiger partial charge in [-0.25, -0.2) is 9.37 Å². The SMILES string of the molecule is C=C(/C=C\C(=NC)Nc1ncc(F)c(N2CC(C(=NC)C(C)C)=C(N)C(C)(C)C2)n1)C(CC)CCNC. The smallest absolute Gasteiger partial charge is 0.230 e. The van der Waals surface area contributed by atoms with E-state index in [1.165, 1.54) is 6.20 Å². The predicted octanol–water partition coefficient (Wildman–Crippen LogP) is 4.59. The Bertz CT molecular complexity index is 1070. The summed E-state index contributed by atoms with van der Waals surface area (Å²) in [4.78, 5) is 19.4. The number of nitrogens with one attached hydrogen (secondary N) is 2. The lowest BCUT2D eigenvalue weighted by Crippen LogP contribution is -2.47. The highest BCUT2D eigenvalue weighted by molar-refractivity contribution is 6.03. The second-order valence-corrected chi connectivity index (χ2v) is 10.4. The minimum absolute atomic E-state index is 0.192. The molecule has 0 saturated heterocycles. The Kier molecular flexibility index (Phi) is 11.0. The summed E-state index contributed by atoms with van der Waals surface area (Å²) in [5.74, 6) is 1.13. The Labute approximate surface area is 222 Å². The number of hydrogen-bond acceptors (Lipinski definition) is 7. The molecule has 0 aromatic carbocycles. The monoisotopic (exact) mass is 512 g/mol. The average molecular weight is 513 g/mol. The summed E-state index contributed by atoms with van der Waals surface area (Å²) in [5.41, 5.74) is 9.88. The molecule has 1 unspecified atom stereocenters. The van der Waals surface area contributed by atoms with Crippen LogP contribution in [0.25, 0.3) is 0 Å². The Balaban J connectivity index is 2.30. The highest BCUT2D eigenvalue weighted by atomic mass is 19.1. The molecular formula is C28H45FN8. The topological polar surface area (TPSA) is 104 Å². The van der Waals surface area contributed by atoms with E-state index in [0.29, 0.717) is 24.8 Å². The Morgan fingerprint density at radius 1 is 1.30 bits per heavy atom. The molecule has 204 valence electrons. The molecule has 8 nitrogen and oxygen atoms in total. The molecule has 0 saturated carbocycles. The number of rotatable bonds is 11. The van der Waals surface area contributed by atoms with Crippen LogP contribution in [0.4, 0.5) is 16.2 Å². The van der Waals surface area contributed by atoms with Gasteiger partial charge in [-0.15, -0.1) is 0 Å². The number of hydrogen-bond donors (Lipinski definition) is 3. The van der Waals surface area contributed by atoms with Gasteiger partial charge in [-0.2, -0.15) is 4.98 Å². The van der Waals surface area contributed by atoms with Gasteiger partial charge in [-0.05, 0) is 44.3 Å². The van der Waals surface area contributed by atoms with Crippen molar-refractivity contribution >= 4 is 23.3 Å². The molecule has 37 heavy (non-hydrogen) atoms. The van der Waals surface area contributed by atoms with Crippen molar-refractivity contribution < 1.29 is 4.39 Å². The van der Waals surface area contributed by atoms with Gasteiger partial charge in [-0.1, -0.05) is 52.8 Å². The van der Waals surface area contributed by atoms with Crippen molar-refractivity contribution in [1.82, 2.24) is 15.3 Å². The summed E-state index contributed by atoms with van der Waals surface area (Å²) in [7, 11) is 5.40. The fourth-order valence-corrected chi connectivity index (χ4v) is 4.63.